The van der Waals surface area contributed by atoms with Gasteiger partial charge >= 0.3 is 0 Å². The van der Waals surface area contributed by atoms with Crippen LogP contribution >= 0.6 is 11.6 Å². The van der Waals surface area contributed by atoms with Gasteiger partial charge in [0, 0.05) is 18.5 Å². The van der Waals surface area contributed by atoms with Crippen LogP contribution in [0.5, 0.6) is 0 Å². The molecule has 0 saturated heterocycles. The summed E-state index contributed by atoms with van der Waals surface area (Å²) in [6.45, 7) is 1.89. The number of rotatable bonds is 5. The van der Waals surface area contributed by atoms with Gasteiger partial charge in [-0.25, -0.2) is 0 Å². The van der Waals surface area contributed by atoms with E-state index in [1.807, 2.05) is 6.20 Å². The van der Waals surface area contributed by atoms with Gasteiger partial charge in [-0.1, -0.05) is 30.9 Å². The van der Waals surface area contributed by atoms with Crippen molar-refractivity contribution in [3.8, 4) is 0 Å². The van der Waals surface area contributed by atoms with E-state index in [4.69, 9.17) is 11.6 Å². The molecule has 1 fully saturated rings. The lowest BCUT2D eigenvalue weighted by molar-refractivity contribution is 0.355. The maximum atomic E-state index is 6.44. The van der Waals surface area contributed by atoms with Crippen molar-refractivity contribution in [3.63, 3.8) is 0 Å². The van der Waals surface area contributed by atoms with E-state index in [-0.39, 0.29) is 0 Å². The lowest BCUT2D eigenvalue weighted by Gasteiger charge is -2.26. The lowest BCUT2D eigenvalue weighted by atomic mass is 9.91. The van der Waals surface area contributed by atoms with E-state index in [1.165, 1.54) is 37.8 Å². The van der Waals surface area contributed by atoms with Crippen LogP contribution < -0.4 is 5.32 Å². The molecule has 1 aliphatic carbocycles. The highest BCUT2D eigenvalue weighted by molar-refractivity contribution is 6.31. The average molecular weight is 299 g/mol. The Morgan fingerprint density at radius 2 is 2.10 bits per heavy atom. The SMILES string of the molecule is CNC1CCCCCC1c1c(Cl)cnn1CCN(C)C. The molecule has 0 bridgehead atoms. The van der Waals surface area contributed by atoms with Crippen LogP contribution in [0.3, 0.4) is 0 Å². The highest BCUT2D eigenvalue weighted by atomic mass is 35.5. The van der Waals surface area contributed by atoms with Crippen molar-refractivity contribution in [1.82, 2.24) is 20.0 Å². The third-order valence-electron chi connectivity index (χ3n) is 4.33. The molecule has 1 aromatic heterocycles. The Hall–Kier alpha value is -0.580. The van der Waals surface area contributed by atoms with Crippen molar-refractivity contribution < 1.29 is 0 Å². The topological polar surface area (TPSA) is 33.1 Å². The summed E-state index contributed by atoms with van der Waals surface area (Å²) in [7, 11) is 6.25. The van der Waals surface area contributed by atoms with Crippen molar-refractivity contribution in [1.29, 1.82) is 0 Å². The van der Waals surface area contributed by atoms with Gasteiger partial charge in [0.1, 0.15) is 0 Å². The Labute approximate surface area is 127 Å². The van der Waals surface area contributed by atoms with Gasteiger partial charge < -0.3 is 10.2 Å². The molecule has 20 heavy (non-hydrogen) atoms. The van der Waals surface area contributed by atoms with Crippen molar-refractivity contribution in [2.45, 2.75) is 50.6 Å². The van der Waals surface area contributed by atoms with Crippen LogP contribution in [-0.4, -0.2) is 48.4 Å². The normalized spacial score (nSPS) is 24.1. The predicted molar refractivity (Wildman–Crippen MR) is 84.5 cm³/mol. The number of nitrogens with one attached hydrogen (secondary N) is 1. The molecule has 2 atom stereocenters. The van der Waals surface area contributed by atoms with Gasteiger partial charge in [-0.05, 0) is 34.0 Å². The van der Waals surface area contributed by atoms with Crippen molar-refractivity contribution in [2.24, 2.45) is 0 Å². The van der Waals surface area contributed by atoms with Gasteiger partial charge in [0.25, 0.3) is 0 Å². The summed E-state index contributed by atoms with van der Waals surface area (Å²) in [4.78, 5) is 2.18. The molecule has 5 heteroatoms. The Morgan fingerprint density at radius 3 is 2.80 bits per heavy atom. The molecule has 1 N–H and O–H groups in total. The molecule has 0 radical (unpaired) electrons. The summed E-state index contributed by atoms with van der Waals surface area (Å²) < 4.78 is 2.11. The molecule has 2 rings (SSSR count). The average Bonchev–Trinajstić information content (AvgIpc) is 2.63. The van der Waals surface area contributed by atoms with Crippen molar-refractivity contribution >= 4 is 11.6 Å². The first-order chi connectivity index (χ1) is 9.63. The zero-order valence-corrected chi connectivity index (χ0v) is 13.7. The zero-order valence-electron chi connectivity index (χ0n) is 12.9. The zero-order chi connectivity index (χ0) is 14.5. The monoisotopic (exact) mass is 298 g/mol. The van der Waals surface area contributed by atoms with Crippen LogP contribution in [0.2, 0.25) is 5.02 Å². The Balaban J connectivity index is 2.22. The number of aromatic nitrogens is 2. The van der Waals surface area contributed by atoms with Crippen LogP contribution in [0.4, 0.5) is 0 Å². The molecule has 0 spiro atoms. The van der Waals surface area contributed by atoms with Gasteiger partial charge in [0.05, 0.1) is 23.5 Å². The van der Waals surface area contributed by atoms with E-state index in [2.05, 4.69) is 41.1 Å². The van der Waals surface area contributed by atoms with Crippen molar-refractivity contribution in [2.75, 3.05) is 27.7 Å². The summed E-state index contributed by atoms with van der Waals surface area (Å²) in [6, 6.07) is 0.518. The molecule has 2 unspecified atom stereocenters. The highest BCUT2D eigenvalue weighted by Crippen LogP contribution is 2.35. The molecule has 1 aliphatic rings. The molecule has 4 nitrogen and oxygen atoms in total. The molecule has 0 amide bonds. The minimum atomic E-state index is 0.486. The van der Waals surface area contributed by atoms with Crippen LogP contribution in [0, 0.1) is 0 Å². The first-order valence-corrected chi connectivity index (χ1v) is 8.04. The van der Waals surface area contributed by atoms with E-state index >= 15 is 0 Å². The fourth-order valence-electron chi connectivity index (χ4n) is 3.19. The Kier molecular flexibility index (Phi) is 5.87. The van der Waals surface area contributed by atoms with Gasteiger partial charge in [0.15, 0.2) is 0 Å². The number of nitrogens with zero attached hydrogens (tertiary/aromatic N) is 3. The number of hydrogen-bond acceptors (Lipinski definition) is 3. The smallest absolute Gasteiger partial charge is 0.0821 e. The molecule has 1 aromatic rings. The third-order valence-corrected chi connectivity index (χ3v) is 4.62. The summed E-state index contributed by atoms with van der Waals surface area (Å²) in [5.41, 5.74) is 1.23. The van der Waals surface area contributed by atoms with E-state index in [1.54, 1.807) is 0 Å². The van der Waals surface area contributed by atoms with Crippen LogP contribution in [-0.2, 0) is 6.54 Å². The number of halogens is 1. The minimum Gasteiger partial charge on any atom is -0.316 e. The molecule has 0 aromatic carbocycles. The molecule has 1 saturated carbocycles. The molecule has 1 heterocycles. The second kappa shape index (κ2) is 7.43. The van der Waals surface area contributed by atoms with Crippen molar-refractivity contribution in [3.05, 3.63) is 16.9 Å². The van der Waals surface area contributed by atoms with Gasteiger partial charge in [0.2, 0.25) is 0 Å². The van der Waals surface area contributed by atoms with E-state index in [9.17, 15) is 0 Å². The number of likely N-dealkylation sites (N-methyl/N-ethyl adjacent to an activating group) is 2. The molecule has 0 aliphatic heterocycles. The summed E-state index contributed by atoms with van der Waals surface area (Å²) in [6.07, 6.45) is 8.18. The standard InChI is InChI=1S/C15H27ClN4/c1-17-14-8-6-4-5-7-12(14)15-13(16)11-18-20(15)10-9-19(2)3/h11-12,14,17H,4-10H2,1-3H3. The van der Waals surface area contributed by atoms with E-state index < -0.39 is 0 Å². The Bertz CT molecular complexity index is 416. The highest BCUT2D eigenvalue weighted by Gasteiger charge is 2.28. The van der Waals surface area contributed by atoms with E-state index in [0.29, 0.717) is 12.0 Å². The quantitative estimate of drug-likeness (QED) is 0.849. The van der Waals surface area contributed by atoms with Crippen LogP contribution in [0.15, 0.2) is 6.20 Å². The Morgan fingerprint density at radius 1 is 1.35 bits per heavy atom. The van der Waals surface area contributed by atoms with Gasteiger partial charge in [-0.3, -0.25) is 4.68 Å². The minimum absolute atomic E-state index is 0.486. The second-order valence-corrected chi connectivity index (χ2v) is 6.45. The predicted octanol–water partition coefficient (Wildman–Crippen LogP) is 2.73. The molecular weight excluding hydrogens is 272 g/mol. The van der Waals surface area contributed by atoms with Gasteiger partial charge in [-0.15, -0.1) is 0 Å². The van der Waals surface area contributed by atoms with Gasteiger partial charge in [-0.2, -0.15) is 5.10 Å². The first-order valence-electron chi connectivity index (χ1n) is 7.66. The fraction of sp³-hybridized carbons (Fsp3) is 0.800. The molecule has 114 valence electrons. The maximum absolute atomic E-state index is 6.44. The maximum Gasteiger partial charge on any atom is 0.0821 e. The summed E-state index contributed by atoms with van der Waals surface area (Å²) in [5.74, 6) is 0.486. The largest absolute Gasteiger partial charge is 0.316 e. The summed E-state index contributed by atoms with van der Waals surface area (Å²) >= 11 is 6.44. The summed E-state index contributed by atoms with van der Waals surface area (Å²) in [5, 5.41) is 8.81. The van der Waals surface area contributed by atoms with E-state index in [0.717, 1.165) is 18.1 Å². The second-order valence-electron chi connectivity index (χ2n) is 6.04. The fourth-order valence-corrected chi connectivity index (χ4v) is 3.48. The number of hydrogen-bond donors (Lipinski definition) is 1. The van der Waals surface area contributed by atoms with Crippen LogP contribution in [0.25, 0.3) is 0 Å². The first kappa shape index (κ1) is 15.8. The molecular formula is C15H27ClN4. The lowest BCUT2D eigenvalue weighted by Crippen LogP contribution is -2.33. The van der Waals surface area contributed by atoms with Crippen LogP contribution in [0.1, 0.15) is 43.7 Å². The third kappa shape index (κ3) is 3.74.